The van der Waals surface area contributed by atoms with Gasteiger partial charge in [0.1, 0.15) is 5.75 Å². The molecule has 0 saturated carbocycles. The number of phenolic OH excluding ortho intramolecular Hbond substituents is 1. The molecule has 1 aromatic carbocycles. The van der Waals surface area contributed by atoms with E-state index in [1.165, 1.54) is 11.0 Å². The highest BCUT2D eigenvalue weighted by Gasteiger charge is 2.22. The van der Waals surface area contributed by atoms with E-state index in [1.807, 2.05) is 0 Å². The Morgan fingerprint density at radius 3 is 2.88 bits per heavy atom. The lowest BCUT2D eigenvalue weighted by atomic mass is 10.1. The summed E-state index contributed by atoms with van der Waals surface area (Å²) >= 11 is 3.15. The van der Waals surface area contributed by atoms with Crippen LogP contribution in [0.4, 0.5) is 0 Å². The van der Waals surface area contributed by atoms with Crippen molar-refractivity contribution in [3.8, 4) is 5.75 Å². The fraction of sp³-hybridized carbons (Fsp3) is 0.273. The predicted octanol–water partition coefficient (Wildman–Crippen LogP) is 0.727. The molecule has 17 heavy (non-hydrogen) atoms. The van der Waals surface area contributed by atoms with Crippen LogP contribution < -0.4 is 5.32 Å². The monoisotopic (exact) mass is 298 g/mol. The Hall–Kier alpha value is -1.56. The lowest BCUT2D eigenvalue weighted by molar-refractivity contribution is -0.123. The number of amides is 2. The van der Waals surface area contributed by atoms with Gasteiger partial charge in [-0.25, -0.2) is 0 Å². The van der Waals surface area contributed by atoms with Gasteiger partial charge in [-0.05, 0) is 34.1 Å². The normalized spacial score (nSPS) is 15.6. The third-order valence-electron chi connectivity index (χ3n) is 2.52. The maximum atomic E-state index is 12.0. The van der Waals surface area contributed by atoms with Crippen LogP contribution in [0.1, 0.15) is 10.4 Å². The van der Waals surface area contributed by atoms with E-state index in [4.69, 9.17) is 0 Å². The highest BCUT2D eigenvalue weighted by atomic mass is 79.9. The van der Waals surface area contributed by atoms with Gasteiger partial charge in [0.05, 0.1) is 11.0 Å². The van der Waals surface area contributed by atoms with Gasteiger partial charge in [0.2, 0.25) is 5.91 Å². The molecule has 0 spiro atoms. The third kappa shape index (κ3) is 2.58. The number of nitrogens with one attached hydrogen (secondary N) is 1. The molecule has 2 amide bonds. The van der Waals surface area contributed by atoms with Crippen LogP contribution in [0.15, 0.2) is 22.7 Å². The summed E-state index contributed by atoms with van der Waals surface area (Å²) in [5.74, 6) is -0.397. The highest BCUT2D eigenvalue weighted by Crippen LogP contribution is 2.24. The van der Waals surface area contributed by atoms with Gasteiger partial charge in [-0.1, -0.05) is 0 Å². The Bertz CT molecular complexity index is 476. The Morgan fingerprint density at radius 2 is 2.24 bits per heavy atom. The number of benzene rings is 1. The first-order valence-corrected chi connectivity index (χ1v) is 5.92. The minimum absolute atomic E-state index is 0.0114. The molecular weight excluding hydrogens is 288 g/mol. The number of aromatic hydroxyl groups is 1. The number of carbonyl (C=O) groups is 2. The van der Waals surface area contributed by atoms with Crippen LogP contribution in [-0.4, -0.2) is 41.5 Å². The smallest absolute Gasteiger partial charge is 0.254 e. The fourth-order valence-corrected chi connectivity index (χ4v) is 1.89. The van der Waals surface area contributed by atoms with Crippen molar-refractivity contribution in [2.45, 2.75) is 0 Å². The van der Waals surface area contributed by atoms with E-state index in [2.05, 4.69) is 21.2 Å². The number of phenols is 1. The van der Waals surface area contributed by atoms with Gasteiger partial charge in [-0.15, -0.1) is 0 Å². The molecule has 0 aromatic heterocycles. The van der Waals surface area contributed by atoms with E-state index in [9.17, 15) is 14.7 Å². The molecule has 0 atom stereocenters. The van der Waals surface area contributed by atoms with E-state index in [0.717, 1.165) is 0 Å². The topological polar surface area (TPSA) is 69.6 Å². The Labute approximate surface area is 107 Å². The Kier molecular flexibility index (Phi) is 3.33. The summed E-state index contributed by atoms with van der Waals surface area (Å²) in [4.78, 5) is 24.7. The van der Waals surface area contributed by atoms with Crippen LogP contribution in [0.5, 0.6) is 5.75 Å². The van der Waals surface area contributed by atoms with Gasteiger partial charge in [-0.3, -0.25) is 9.59 Å². The average Bonchev–Trinajstić information content (AvgIpc) is 2.32. The van der Waals surface area contributed by atoms with E-state index < -0.39 is 0 Å². The molecule has 0 unspecified atom stereocenters. The molecule has 6 heteroatoms. The molecule has 90 valence electrons. The van der Waals surface area contributed by atoms with Gasteiger partial charge >= 0.3 is 0 Å². The van der Waals surface area contributed by atoms with Crippen LogP contribution >= 0.6 is 15.9 Å². The molecule has 1 aliphatic rings. The second-order valence-corrected chi connectivity index (χ2v) is 4.60. The van der Waals surface area contributed by atoms with Gasteiger partial charge in [0.15, 0.2) is 0 Å². The molecule has 1 saturated heterocycles. The second-order valence-electron chi connectivity index (χ2n) is 3.74. The zero-order chi connectivity index (χ0) is 12.4. The molecule has 5 nitrogen and oxygen atoms in total. The minimum atomic E-state index is -0.248. The van der Waals surface area contributed by atoms with Gasteiger partial charge < -0.3 is 15.3 Å². The number of halogens is 1. The molecule has 2 N–H and O–H groups in total. The summed E-state index contributed by atoms with van der Waals surface area (Å²) in [5.41, 5.74) is 0.375. The highest BCUT2D eigenvalue weighted by molar-refractivity contribution is 9.10. The maximum Gasteiger partial charge on any atom is 0.254 e. The molecular formula is C11H11BrN2O3. The van der Waals surface area contributed by atoms with Crippen molar-refractivity contribution in [2.24, 2.45) is 0 Å². The summed E-state index contributed by atoms with van der Waals surface area (Å²) in [6.07, 6.45) is 0. The van der Waals surface area contributed by atoms with Gasteiger partial charge in [0, 0.05) is 18.7 Å². The van der Waals surface area contributed by atoms with Crippen LogP contribution in [0.2, 0.25) is 0 Å². The zero-order valence-corrected chi connectivity index (χ0v) is 10.5. The average molecular weight is 299 g/mol. The first-order valence-electron chi connectivity index (χ1n) is 5.12. The van der Waals surface area contributed by atoms with Crippen molar-refractivity contribution < 1.29 is 14.7 Å². The van der Waals surface area contributed by atoms with E-state index in [-0.39, 0.29) is 24.1 Å². The van der Waals surface area contributed by atoms with Gasteiger partial charge in [-0.2, -0.15) is 0 Å². The largest absolute Gasteiger partial charge is 0.507 e. The first kappa shape index (κ1) is 11.9. The summed E-state index contributed by atoms with van der Waals surface area (Å²) in [7, 11) is 0. The van der Waals surface area contributed by atoms with Crippen molar-refractivity contribution in [3.63, 3.8) is 0 Å². The molecule has 1 heterocycles. The number of hydrogen-bond donors (Lipinski definition) is 2. The third-order valence-corrected chi connectivity index (χ3v) is 3.19. The number of rotatable bonds is 1. The van der Waals surface area contributed by atoms with Gasteiger partial charge in [0.25, 0.3) is 5.91 Å². The van der Waals surface area contributed by atoms with E-state index >= 15 is 0 Å². The standard InChI is InChI=1S/C11H11BrN2O3/c12-8-2-1-7(5-9(8)15)11(17)14-4-3-13-10(16)6-14/h1-2,5,15H,3-4,6H2,(H,13,16). The number of piperazine rings is 1. The van der Waals surface area contributed by atoms with E-state index in [1.54, 1.807) is 12.1 Å². The SMILES string of the molecule is O=C1CN(C(=O)c2ccc(Br)c(O)c2)CCN1. The summed E-state index contributed by atoms with van der Waals surface area (Å²) in [6.45, 7) is 1.02. The van der Waals surface area contributed by atoms with Crippen LogP contribution in [0.3, 0.4) is 0 Å². The molecule has 2 rings (SSSR count). The second kappa shape index (κ2) is 4.75. The van der Waals surface area contributed by atoms with Crippen LogP contribution in [-0.2, 0) is 4.79 Å². The molecule has 1 fully saturated rings. The molecule has 1 aromatic rings. The van der Waals surface area contributed by atoms with Crippen LogP contribution in [0, 0.1) is 0 Å². The lowest BCUT2D eigenvalue weighted by Gasteiger charge is -2.26. The van der Waals surface area contributed by atoms with Crippen LogP contribution in [0.25, 0.3) is 0 Å². The first-order chi connectivity index (χ1) is 8.08. The molecule has 0 radical (unpaired) electrons. The van der Waals surface area contributed by atoms with Crippen molar-refractivity contribution in [3.05, 3.63) is 28.2 Å². The zero-order valence-electron chi connectivity index (χ0n) is 8.94. The summed E-state index contributed by atoms with van der Waals surface area (Å²) in [5, 5.41) is 12.2. The molecule has 0 bridgehead atoms. The van der Waals surface area contributed by atoms with E-state index in [0.29, 0.717) is 23.1 Å². The Balaban J connectivity index is 2.18. The number of nitrogens with zero attached hydrogens (tertiary/aromatic N) is 1. The fourth-order valence-electron chi connectivity index (χ4n) is 1.64. The van der Waals surface area contributed by atoms with Crippen molar-refractivity contribution in [1.29, 1.82) is 0 Å². The molecule has 0 aliphatic carbocycles. The van der Waals surface area contributed by atoms with Crippen molar-refractivity contribution >= 4 is 27.7 Å². The minimum Gasteiger partial charge on any atom is -0.507 e. The number of hydrogen-bond acceptors (Lipinski definition) is 3. The Morgan fingerprint density at radius 1 is 1.47 bits per heavy atom. The molecule has 1 aliphatic heterocycles. The maximum absolute atomic E-state index is 12.0. The van der Waals surface area contributed by atoms with Crippen molar-refractivity contribution in [2.75, 3.05) is 19.6 Å². The lowest BCUT2D eigenvalue weighted by Crippen LogP contribution is -2.49. The van der Waals surface area contributed by atoms with Crippen molar-refractivity contribution in [1.82, 2.24) is 10.2 Å². The summed E-state index contributed by atoms with van der Waals surface area (Å²) < 4.78 is 0.533. The number of carbonyl (C=O) groups excluding carboxylic acids is 2. The quantitative estimate of drug-likeness (QED) is 0.803. The predicted molar refractivity (Wildman–Crippen MR) is 64.7 cm³/mol. The summed E-state index contributed by atoms with van der Waals surface area (Å²) in [6, 6.07) is 4.60.